The third kappa shape index (κ3) is 7.34. The SMILES string of the molecule is CCCCc1ccccc1C.CCO[SiH3]. The number of unbranched alkanes of at least 4 members (excludes halogenated alkanes) is 1. The average molecular weight is 224 g/mol. The Labute approximate surface area is 97.4 Å². The maximum atomic E-state index is 4.68. The number of benzene rings is 1. The molecule has 1 rings (SSSR count). The van der Waals surface area contributed by atoms with Gasteiger partial charge in [-0.1, -0.05) is 37.6 Å². The van der Waals surface area contributed by atoms with Crippen LogP contribution in [0.25, 0.3) is 0 Å². The van der Waals surface area contributed by atoms with Crippen molar-refractivity contribution in [3.8, 4) is 0 Å². The van der Waals surface area contributed by atoms with Crippen molar-refractivity contribution in [2.24, 2.45) is 0 Å². The molecule has 0 aromatic heterocycles. The molecule has 86 valence electrons. The molecule has 0 aliphatic rings. The van der Waals surface area contributed by atoms with Gasteiger partial charge >= 0.3 is 0 Å². The van der Waals surface area contributed by atoms with E-state index >= 15 is 0 Å². The van der Waals surface area contributed by atoms with E-state index < -0.39 is 0 Å². The molecule has 0 spiro atoms. The molecule has 1 aromatic rings. The number of hydrogen-bond donors (Lipinski definition) is 0. The van der Waals surface area contributed by atoms with Crippen LogP contribution in [0, 0.1) is 6.92 Å². The summed E-state index contributed by atoms with van der Waals surface area (Å²) >= 11 is 0. The van der Waals surface area contributed by atoms with Crippen molar-refractivity contribution < 1.29 is 4.43 Å². The summed E-state index contributed by atoms with van der Waals surface area (Å²) in [5.74, 6) is 0. The molecular weight excluding hydrogens is 200 g/mol. The minimum absolute atomic E-state index is 0.881. The third-order valence-corrected chi connectivity index (χ3v) is 2.93. The van der Waals surface area contributed by atoms with Crippen LogP contribution in [0.15, 0.2) is 24.3 Å². The van der Waals surface area contributed by atoms with Crippen LogP contribution in [0.2, 0.25) is 0 Å². The molecule has 0 radical (unpaired) electrons. The monoisotopic (exact) mass is 224 g/mol. The quantitative estimate of drug-likeness (QED) is 0.715. The van der Waals surface area contributed by atoms with Crippen LogP contribution in [-0.2, 0) is 10.8 Å². The van der Waals surface area contributed by atoms with E-state index in [1.165, 1.54) is 30.4 Å². The molecule has 0 N–H and O–H groups in total. The second kappa shape index (κ2) is 9.93. The summed E-state index contributed by atoms with van der Waals surface area (Å²) < 4.78 is 4.68. The van der Waals surface area contributed by atoms with Crippen LogP contribution < -0.4 is 0 Å². The minimum atomic E-state index is 0.881. The maximum Gasteiger partial charge on any atom is 0.145 e. The lowest BCUT2D eigenvalue weighted by molar-refractivity contribution is 0.375. The van der Waals surface area contributed by atoms with Crippen LogP contribution in [0.5, 0.6) is 0 Å². The van der Waals surface area contributed by atoms with Gasteiger partial charge in [0.25, 0.3) is 0 Å². The summed E-state index contributed by atoms with van der Waals surface area (Å²) in [5, 5.41) is 0. The maximum absolute atomic E-state index is 4.68. The molecule has 0 fully saturated rings. The first kappa shape index (κ1) is 14.4. The Morgan fingerprint density at radius 2 is 1.80 bits per heavy atom. The summed E-state index contributed by atoms with van der Waals surface area (Å²) in [4.78, 5) is 0. The second-order valence-corrected chi connectivity index (χ2v) is 4.18. The Bertz CT molecular complexity index is 246. The molecule has 0 bridgehead atoms. The van der Waals surface area contributed by atoms with Crippen LogP contribution in [0.4, 0.5) is 0 Å². The van der Waals surface area contributed by atoms with Crippen molar-refractivity contribution in [2.45, 2.75) is 40.0 Å². The van der Waals surface area contributed by atoms with Crippen LogP contribution >= 0.6 is 0 Å². The Kier molecular flexibility index (Phi) is 9.53. The van der Waals surface area contributed by atoms with Gasteiger partial charge in [-0.25, -0.2) is 0 Å². The highest BCUT2D eigenvalue weighted by atomic mass is 28.2. The number of hydrogen-bond acceptors (Lipinski definition) is 1. The molecular formula is C13H24OSi. The first-order valence-electron chi connectivity index (χ1n) is 5.79. The minimum Gasteiger partial charge on any atom is -0.428 e. The van der Waals surface area contributed by atoms with Crippen molar-refractivity contribution in [1.29, 1.82) is 0 Å². The van der Waals surface area contributed by atoms with E-state index in [1.54, 1.807) is 0 Å². The van der Waals surface area contributed by atoms with E-state index in [1.807, 2.05) is 6.92 Å². The topological polar surface area (TPSA) is 9.23 Å². The lowest BCUT2D eigenvalue weighted by Crippen LogP contribution is -1.87. The predicted molar refractivity (Wildman–Crippen MR) is 71.4 cm³/mol. The molecule has 0 amide bonds. The lowest BCUT2D eigenvalue weighted by atomic mass is 10.0. The van der Waals surface area contributed by atoms with Crippen LogP contribution in [-0.4, -0.2) is 17.1 Å². The van der Waals surface area contributed by atoms with Crippen molar-refractivity contribution in [2.75, 3.05) is 6.61 Å². The van der Waals surface area contributed by atoms with Gasteiger partial charge in [0.1, 0.15) is 10.5 Å². The summed E-state index contributed by atoms with van der Waals surface area (Å²) in [5.41, 5.74) is 2.94. The van der Waals surface area contributed by atoms with Crippen molar-refractivity contribution in [3.05, 3.63) is 35.4 Å². The molecule has 1 nitrogen and oxygen atoms in total. The fraction of sp³-hybridized carbons (Fsp3) is 0.538. The molecule has 2 heteroatoms. The first-order chi connectivity index (χ1) is 7.26. The fourth-order valence-corrected chi connectivity index (χ4v) is 1.26. The summed E-state index contributed by atoms with van der Waals surface area (Å²) in [6, 6.07) is 8.64. The lowest BCUT2D eigenvalue weighted by Gasteiger charge is -2.02. The van der Waals surface area contributed by atoms with Crippen LogP contribution in [0.1, 0.15) is 37.8 Å². The highest BCUT2D eigenvalue weighted by molar-refractivity contribution is 5.97. The third-order valence-electron chi connectivity index (χ3n) is 2.35. The van der Waals surface area contributed by atoms with Gasteiger partial charge in [0.2, 0.25) is 0 Å². The highest BCUT2D eigenvalue weighted by Gasteiger charge is 1.94. The number of rotatable bonds is 4. The van der Waals surface area contributed by atoms with Crippen molar-refractivity contribution >= 4 is 10.5 Å². The summed E-state index contributed by atoms with van der Waals surface area (Å²) in [7, 11) is 0.890. The van der Waals surface area contributed by atoms with Gasteiger partial charge in [-0.3, -0.25) is 0 Å². The Balaban J connectivity index is 0.000000423. The zero-order valence-electron chi connectivity index (χ0n) is 10.5. The molecule has 0 unspecified atom stereocenters. The van der Waals surface area contributed by atoms with E-state index in [2.05, 4.69) is 42.5 Å². The zero-order chi connectivity index (χ0) is 11.5. The van der Waals surface area contributed by atoms with Gasteiger partial charge in [0.05, 0.1) is 0 Å². The van der Waals surface area contributed by atoms with E-state index in [-0.39, 0.29) is 0 Å². The van der Waals surface area contributed by atoms with E-state index in [0.29, 0.717) is 0 Å². The van der Waals surface area contributed by atoms with Gasteiger partial charge in [0.15, 0.2) is 0 Å². The molecule has 0 heterocycles. The Morgan fingerprint density at radius 1 is 1.20 bits per heavy atom. The van der Waals surface area contributed by atoms with Crippen molar-refractivity contribution in [3.63, 3.8) is 0 Å². The van der Waals surface area contributed by atoms with Gasteiger partial charge in [-0.2, -0.15) is 0 Å². The second-order valence-electron chi connectivity index (χ2n) is 3.61. The van der Waals surface area contributed by atoms with E-state index in [4.69, 9.17) is 0 Å². The van der Waals surface area contributed by atoms with Gasteiger partial charge in [-0.15, -0.1) is 0 Å². The zero-order valence-corrected chi connectivity index (χ0v) is 12.5. The number of aryl methyl sites for hydroxylation is 2. The Hall–Kier alpha value is -0.603. The molecule has 1 aromatic carbocycles. The molecule has 0 saturated heterocycles. The molecule has 15 heavy (non-hydrogen) atoms. The van der Waals surface area contributed by atoms with E-state index in [0.717, 1.165) is 17.1 Å². The average Bonchev–Trinajstić information content (AvgIpc) is 2.28. The van der Waals surface area contributed by atoms with Gasteiger partial charge in [0, 0.05) is 6.61 Å². The summed E-state index contributed by atoms with van der Waals surface area (Å²) in [6.07, 6.45) is 3.84. The van der Waals surface area contributed by atoms with Crippen molar-refractivity contribution in [1.82, 2.24) is 0 Å². The van der Waals surface area contributed by atoms with Crippen LogP contribution in [0.3, 0.4) is 0 Å². The highest BCUT2D eigenvalue weighted by Crippen LogP contribution is 2.09. The normalized spacial score (nSPS) is 9.53. The smallest absolute Gasteiger partial charge is 0.145 e. The molecule has 0 aliphatic heterocycles. The predicted octanol–water partition coefficient (Wildman–Crippen LogP) is 2.64. The molecule has 0 aliphatic carbocycles. The first-order valence-corrected chi connectivity index (χ1v) is 6.61. The van der Waals surface area contributed by atoms with Gasteiger partial charge in [-0.05, 0) is 37.8 Å². The Morgan fingerprint density at radius 3 is 2.27 bits per heavy atom. The fourth-order valence-electron chi connectivity index (χ4n) is 1.26. The molecule has 0 saturated carbocycles. The standard InChI is InChI=1S/C11H16.C2H8OSi/c1-3-4-8-11-9-6-5-7-10(11)2;1-2-3-4/h5-7,9H,3-4,8H2,1-2H3;2H2,1,4H3. The van der Waals surface area contributed by atoms with Gasteiger partial charge < -0.3 is 4.43 Å². The summed E-state index contributed by atoms with van der Waals surface area (Å²) in [6.45, 7) is 7.29. The molecule has 0 atom stereocenters. The van der Waals surface area contributed by atoms with E-state index in [9.17, 15) is 0 Å². The largest absolute Gasteiger partial charge is 0.428 e.